The first-order valence-corrected chi connectivity index (χ1v) is 9.62. The van der Waals surface area contributed by atoms with Crippen LogP contribution in [0.5, 0.6) is 0 Å². The van der Waals surface area contributed by atoms with E-state index >= 15 is 0 Å². The van der Waals surface area contributed by atoms with Crippen molar-refractivity contribution < 1.29 is 14.3 Å². The molecule has 1 saturated heterocycles. The Morgan fingerprint density at radius 2 is 1.75 bits per heavy atom. The molecule has 0 aliphatic carbocycles. The summed E-state index contributed by atoms with van der Waals surface area (Å²) < 4.78 is 5.45. The number of rotatable bonds is 8. The smallest absolute Gasteiger partial charge is 0.410 e. The molecule has 0 aromatic rings. The van der Waals surface area contributed by atoms with E-state index in [2.05, 4.69) is 12.2 Å². The second-order valence-electron chi connectivity index (χ2n) is 7.74. The molecule has 1 atom stereocenters. The fourth-order valence-electron chi connectivity index (χ4n) is 2.98. The van der Waals surface area contributed by atoms with Gasteiger partial charge in [-0.15, -0.1) is 0 Å². The first-order chi connectivity index (χ1) is 11.3. The van der Waals surface area contributed by atoms with Crippen molar-refractivity contribution in [3.8, 4) is 0 Å². The van der Waals surface area contributed by atoms with Crippen LogP contribution in [-0.2, 0) is 9.53 Å². The van der Waals surface area contributed by atoms with Crippen LogP contribution in [0.25, 0.3) is 0 Å². The van der Waals surface area contributed by atoms with Crippen molar-refractivity contribution in [2.24, 2.45) is 0 Å². The van der Waals surface area contributed by atoms with Gasteiger partial charge >= 0.3 is 6.09 Å². The minimum Gasteiger partial charge on any atom is -0.444 e. The van der Waals surface area contributed by atoms with E-state index in [0.29, 0.717) is 13.1 Å². The third-order valence-corrected chi connectivity index (χ3v) is 4.26. The van der Waals surface area contributed by atoms with Crippen LogP contribution < -0.4 is 5.32 Å². The number of hydrogen-bond acceptors (Lipinski definition) is 3. The van der Waals surface area contributed by atoms with E-state index in [1.807, 2.05) is 20.8 Å². The summed E-state index contributed by atoms with van der Waals surface area (Å²) >= 11 is 0. The van der Waals surface area contributed by atoms with E-state index in [4.69, 9.17) is 4.74 Å². The lowest BCUT2D eigenvalue weighted by atomic mass is 10.0. The second kappa shape index (κ2) is 10.6. The largest absolute Gasteiger partial charge is 0.444 e. The lowest BCUT2D eigenvalue weighted by Crippen LogP contribution is -2.53. The Morgan fingerprint density at radius 3 is 2.42 bits per heavy atom. The van der Waals surface area contributed by atoms with Gasteiger partial charge in [-0.3, -0.25) is 9.69 Å². The van der Waals surface area contributed by atoms with E-state index in [9.17, 15) is 9.59 Å². The van der Waals surface area contributed by atoms with E-state index in [1.165, 1.54) is 25.7 Å². The monoisotopic (exact) mass is 340 g/mol. The maximum absolute atomic E-state index is 12.5. The lowest BCUT2D eigenvalue weighted by Gasteiger charge is -2.35. The Balaban J connectivity index is 2.38. The van der Waals surface area contributed by atoms with Gasteiger partial charge in [-0.25, -0.2) is 4.79 Å². The number of carbonyl (C=O) groups is 2. The molecule has 0 radical (unpaired) electrons. The molecule has 24 heavy (non-hydrogen) atoms. The summed E-state index contributed by atoms with van der Waals surface area (Å²) in [7, 11) is 0. The van der Waals surface area contributed by atoms with Gasteiger partial charge in [-0.1, -0.05) is 39.0 Å². The van der Waals surface area contributed by atoms with E-state index in [1.54, 1.807) is 4.90 Å². The average Bonchev–Trinajstić information content (AvgIpc) is 2.52. The summed E-state index contributed by atoms with van der Waals surface area (Å²) in [6.45, 7) is 9.06. The molecule has 2 amide bonds. The van der Waals surface area contributed by atoms with E-state index in [-0.39, 0.29) is 18.0 Å². The minimum atomic E-state index is -0.534. The molecular weight excluding hydrogens is 304 g/mol. The van der Waals surface area contributed by atoms with Gasteiger partial charge in [0.1, 0.15) is 11.6 Å². The SMILES string of the molecule is CCCCCCCCNC(=O)C1CCCCN1C(=O)OC(C)(C)C. The number of unbranched alkanes of at least 4 members (excludes halogenated alkanes) is 5. The van der Waals surface area contributed by atoms with Crippen molar-refractivity contribution in [3.63, 3.8) is 0 Å². The van der Waals surface area contributed by atoms with Crippen LogP contribution in [0.3, 0.4) is 0 Å². The van der Waals surface area contributed by atoms with Crippen molar-refractivity contribution in [1.29, 1.82) is 0 Å². The highest BCUT2D eigenvalue weighted by atomic mass is 16.6. The molecule has 1 aliphatic rings. The maximum Gasteiger partial charge on any atom is 0.410 e. The van der Waals surface area contributed by atoms with Gasteiger partial charge in [0.15, 0.2) is 0 Å². The molecule has 140 valence electrons. The summed E-state index contributed by atoms with van der Waals surface area (Å²) in [6.07, 6.45) is 9.47. The molecule has 1 aliphatic heterocycles. The highest BCUT2D eigenvalue weighted by Crippen LogP contribution is 2.20. The van der Waals surface area contributed by atoms with Crippen LogP contribution in [0.15, 0.2) is 0 Å². The number of ether oxygens (including phenoxy) is 1. The fraction of sp³-hybridized carbons (Fsp3) is 0.895. The number of likely N-dealkylation sites (tertiary alicyclic amines) is 1. The number of piperidine rings is 1. The van der Waals surface area contributed by atoms with Crippen LogP contribution in [-0.4, -0.2) is 41.6 Å². The molecule has 5 nitrogen and oxygen atoms in total. The first-order valence-electron chi connectivity index (χ1n) is 9.62. The second-order valence-corrected chi connectivity index (χ2v) is 7.74. The zero-order valence-corrected chi connectivity index (χ0v) is 16.0. The molecule has 1 fully saturated rings. The third-order valence-electron chi connectivity index (χ3n) is 4.26. The molecule has 0 aromatic carbocycles. The molecule has 1 unspecified atom stereocenters. The molecular formula is C19H36N2O3. The van der Waals surface area contributed by atoms with Crippen molar-refractivity contribution in [2.45, 2.75) is 97.1 Å². The van der Waals surface area contributed by atoms with Gasteiger partial charge in [0.05, 0.1) is 0 Å². The van der Waals surface area contributed by atoms with Gasteiger partial charge in [0.2, 0.25) is 5.91 Å². The van der Waals surface area contributed by atoms with Crippen molar-refractivity contribution in [1.82, 2.24) is 10.2 Å². The summed E-state index contributed by atoms with van der Waals surface area (Å²) in [4.78, 5) is 26.4. The predicted molar refractivity (Wildman–Crippen MR) is 97.0 cm³/mol. The average molecular weight is 341 g/mol. The molecule has 0 spiro atoms. The molecule has 0 bridgehead atoms. The third kappa shape index (κ3) is 8.02. The Bertz CT molecular complexity index is 391. The summed E-state index contributed by atoms with van der Waals surface area (Å²) in [5.41, 5.74) is -0.534. The Kier molecular flexibility index (Phi) is 9.16. The highest BCUT2D eigenvalue weighted by molar-refractivity contribution is 5.85. The number of nitrogens with zero attached hydrogens (tertiary/aromatic N) is 1. The lowest BCUT2D eigenvalue weighted by molar-refractivity contribution is -0.127. The fourth-order valence-corrected chi connectivity index (χ4v) is 2.98. The predicted octanol–water partition coefficient (Wildman–Crippen LogP) is 4.25. The summed E-state index contributed by atoms with van der Waals surface area (Å²) in [5, 5.41) is 3.00. The summed E-state index contributed by atoms with van der Waals surface area (Å²) in [6, 6.07) is -0.381. The van der Waals surface area contributed by atoms with Gasteiger partial charge in [0.25, 0.3) is 0 Å². The van der Waals surface area contributed by atoms with Crippen LogP contribution in [0, 0.1) is 0 Å². The summed E-state index contributed by atoms with van der Waals surface area (Å²) in [5.74, 6) is -0.0332. The minimum absolute atomic E-state index is 0.0332. The Morgan fingerprint density at radius 1 is 1.08 bits per heavy atom. The maximum atomic E-state index is 12.5. The topological polar surface area (TPSA) is 58.6 Å². The van der Waals surface area contributed by atoms with E-state index < -0.39 is 5.60 Å². The number of nitrogens with one attached hydrogen (secondary N) is 1. The van der Waals surface area contributed by atoms with Gasteiger partial charge in [0, 0.05) is 13.1 Å². The Hall–Kier alpha value is -1.26. The van der Waals surface area contributed by atoms with Crippen LogP contribution in [0.2, 0.25) is 0 Å². The van der Waals surface area contributed by atoms with Crippen molar-refractivity contribution in [2.75, 3.05) is 13.1 Å². The molecule has 1 N–H and O–H groups in total. The zero-order chi connectivity index (χ0) is 18.0. The van der Waals surface area contributed by atoms with Crippen molar-refractivity contribution in [3.05, 3.63) is 0 Å². The van der Waals surface area contributed by atoms with Gasteiger partial charge in [-0.05, 0) is 46.5 Å². The van der Waals surface area contributed by atoms with E-state index in [0.717, 1.165) is 32.1 Å². The molecule has 0 saturated carbocycles. The van der Waals surface area contributed by atoms with Gasteiger partial charge in [-0.2, -0.15) is 0 Å². The first kappa shape index (κ1) is 20.8. The molecule has 1 heterocycles. The molecule has 5 heteroatoms. The normalized spacial score (nSPS) is 18.3. The highest BCUT2D eigenvalue weighted by Gasteiger charge is 2.34. The number of amides is 2. The quantitative estimate of drug-likeness (QED) is 0.672. The molecule has 0 aromatic heterocycles. The molecule has 1 rings (SSSR count). The standard InChI is InChI=1S/C19H36N2O3/c1-5-6-7-8-9-11-14-20-17(22)16-13-10-12-15-21(16)18(23)24-19(2,3)4/h16H,5-15H2,1-4H3,(H,20,22). The zero-order valence-electron chi connectivity index (χ0n) is 16.0. The van der Waals surface area contributed by atoms with Crippen LogP contribution >= 0.6 is 0 Å². The number of carbonyl (C=O) groups excluding carboxylic acids is 2. The van der Waals surface area contributed by atoms with Crippen molar-refractivity contribution >= 4 is 12.0 Å². The van der Waals surface area contributed by atoms with Gasteiger partial charge < -0.3 is 10.1 Å². The van der Waals surface area contributed by atoms with Crippen LogP contribution in [0.1, 0.15) is 85.5 Å². The number of hydrogen-bond donors (Lipinski definition) is 1. The van der Waals surface area contributed by atoms with Crippen LogP contribution in [0.4, 0.5) is 4.79 Å². The Labute approximate surface area is 147 Å².